The molecule has 0 radical (unpaired) electrons. The first-order valence-corrected chi connectivity index (χ1v) is 11.0. The number of piperidine rings is 1. The van der Waals surface area contributed by atoms with Gasteiger partial charge in [0.1, 0.15) is 0 Å². The van der Waals surface area contributed by atoms with Crippen LogP contribution in [-0.2, 0) is 0 Å². The van der Waals surface area contributed by atoms with Gasteiger partial charge < -0.3 is 20.0 Å². The van der Waals surface area contributed by atoms with E-state index >= 15 is 0 Å². The van der Waals surface area contributed by atoms with Crippen LogP contribution >= 0.6 is 0 Å². The molecule has 0 saturated carbocycles. The minimum atomic E-state index is -0.0379. The molecule has 2 fully saturated rings. The third kappa shape index (κ3) is 4.50. The monoisotopic (exact) mass is 408 g/mol. The van der Waals surface area contributed by atoms with Gasteiger partial charge in [-0.3, -0.25) is 0 Å². The number of nitrogens with zero attached hydrogens (tertiary/aromatic N) is 5. The van der Waals surface area contributed by atoms with Crippen LogP contribution in [0.15, 0.2) is 30.3 Å². The standard InChI is InChI=1S/C23H32N6O/c1-17-9-11-27(12-10-17)21-7-8-22(26-25-21)28-13-15-29(16-14-28)23(30)24-20-6-4-5-18(2)19(20)3/h4-8,17H,9-16H2,1-3H3,(H,24,30). The second kappa shape index (κ2) is 8.90. The highest BCUT2D eigenvalue weighted by molar-refractivity contribution is 5.90. The fraction of sp³-hybridized carbons (Fsp3) is 0.522. The molecule has 1 N–H and O–H groups in total. The average Bonchev–Trinajstić information content (AvgIpc) is 2.78. The van der Waals surface area contributed by atoms with Crippen LogP contribution in [0.4, 0.5) is 22.1 Å². The first kappa shape index (κ1) is 20.4. The second-order valence-electron chi connectivity index (χ2n) is 8.57. The Hall–Kier alpha value is -2.83. The summed E-state index contributed by atoms with van der Waals surface area (Å²) >= 11 is 0. The number of benzene rings is 1. The highest BCUT2D eigenvalue weighted by atomic mass is 16.2. The Kier molecular flexibility index (Phi) is 6.06. The number of carbonyl (C=O) groups excluding carboxylic acids is 1. The van der Waals surface area contributed by atoms with Gasteiger partial charge in [-0.1, -0.05) is 19.1 Å². The topological polar surface area (TPSA) is 64.6 Å². The summed E-state index contributed by atoms with van der Waals surface area (Å²) in [6.45, 7) is 11.4. The van der Waals surface area contributed by atoms with Crippen molar-refractivity contribution >= 4 is 23.4 Å². The molecule has 2 saturated heterocycles. The van der Waals surface area contributed by atoms with Crippen molar-refractivity contribution in [3.8, 4) is 0 Å². The summed E-state index contributed by atoms with van der Waals surface area (Å²) in [6, 6.07) is 10.1. The first-order chi connectivity index (χ1) is 14.5. The number of hydrogen-bond acceptors (Lipinski definition) is 5. The quantitative estimate of drug-likeness (QED) is 0.839. The number of rotatable bonds is 3. The number of urea groups is 1. The third-order valence-corrected chi connectivity index (χ3v) is 6.48. The van der Waals surface area contributed by atoms with Crippen molar-refractivity contribution in [3.05, 3.63) is 41.5 Å². The van der Waals surface area contributed by atoms with E-state index < -0.39 is 0 Å². The number of aromatic nitrogens is 2. The van der Waals surface area contributed by atoms with Gasteiger partial charge in [-0.25, -0.2) is 4.79 Å². The molecule has 0 aliphatic carbocycles. The van der Waals surface area contributed by atoms with E-state index in [4.69, 9.17) is 0 Å². The van der Waals surface area contributed by atoms with Gasteiger partial charge in [-0.05, 0) is 61.9 Å². The van der Waals surface area contributed by atoms with Crippen molar-refractivity contribution in [2.24, 2.45) is 5.92 Å². The molecule has 0 bridgehead atoms. The van der Waals surface area contributed by atoms with Gasteiger partial charge >= 0.3 is 6.03 Å². The van der Waals surface area contributed by atoms with Gasteiger partial charge in [0.2, 0.25) is 0 Å². The molecule has 2 aliphatic heterocycles. The van der Waals surface area contributed by atoms with Gasteiger partial charge in [-0.15, -0.1) is 10.2 Å². The number of piperazine rings is 1. The minimum Gasteiger partial charge on any atom is -0.355 e. The molecule has 1 aromatic heterocycles. The maximum absolute atomic E-state index is 12.7. The molecule has 0 spiro atoms. The maximum atomic E-state index is 12.7. The van der Waals surface area contributed by atoms with Crippen LogP contribution in [-0.4, -0.2) is 60.4 Å². The molecule has 2 amide bonds. The van der Waals surface area contributed by atoms with Crippen LogP contribution in [0.1, 0.15) is 30.9 Å². The molecular formula is C23H32N6O. The maximum Gasteiger partial charge on any atom is 0.321 e. The van der Waals surface area contributed by atoms with Gasteiger partial charge in [0.25, 0.3) is 0 Å². The molecule has 1 aromatic carbocycles. The molecule has 160 valence electrons. The number of carbonyl (C=O) groups is 1. The molecule has 2 aromatic rings. The summed E-state index contributed by atoms with van der Waals surface area (Å²) in [5.74, 6) is 2.66. The van der Waals surface area contributed by atoms with E-state index in [9.17, 15) is 4.79 Å². The predicted molar refractivity (Wildman–Crippen MR) is 121 cm³/mol. The Morgan fingerprint density at radius 3 is 2.10 bits per heavy atom. The molecule has 4 rings (SSSR count). The van der Waals surface area contributed by atoms with Crippen LogP contribution in [0.25, 0.3) is 0 Å². The Morgan fingerprint density at radius 1 is 0.900 bits per heavy atom. The summed E-state index contributed by atoms with van der Waals surface area (Å²) in [4.78, 5) is 19.1. The summed E-state index contributed by atoms with van der Waals surface area (Å²) in [5, 5.41) is 12.0. The van der Waals surface area contributed by atoms with Gasteiger partial charge in [0.15, 0.2) is 11.6 Å². The zero-order valence-corrected chi connectivity index (χ0v) is 18.3. The first-order valence-electron chi connectivity index (χ1n) is 11.0. The van der Waals surface area contributed by atoms with E-state index in [0.717, 1.165) is 55.0 Å². The molecule has 0 unspecified atom stereocenters. The SMILES string of the molecule is Cc1cccc(NC(=O)N2CCN(c3ccc(N4CCC(C)CC4)nn3)CC2)c1C. The summed E-state index contributed by atoms with van der Waals surface area (Å²) in [5.41, 5.74) is 3.18. The lowest BCUT2D eigenvalue weighted by Gasteiger charge is -2.35. The fourth-order valence-corrected chi connectivity index (χ4v) is 4.11. The molecule has 7 heteroatoms. The van der Waals surface area contributed by atoms with Crippen molar-refractivity contribution in [3.63, 3.8) is 0 Å². The lowest BCUT2D eigenvalue weighted by atomic mass is 9.99. The van der Waals surface area contributed by atoms with E-state index in [1.807, 2.05) is 24.0 Å². The molecule has 2 aliphatic rings. The van der Waals surface area contributed by atoms with E-state index in [1.165, 1.54) is 18.4 Å². The number of aryl methyl sites for hydroxylation is 1. The van der Waals surface area contributed by atoms with Crippen molar-refractivity contribution in [2.45, 2.75) is 33.6 Å². The van der Waals surface area contributed by atoms with Crippen molar-refractivity contribution < 1.29 is 4.79 Å². The van der Waals surface area contributed by atoms with Crippen LogP contribution in [0.3, 0.4) is 0 Å². The zero-order chi connectivity index (χ0) is 21.1. The van der Waals surface area contributed by atoms with Gasteiger partial charge in [0.05, 0.1) is 0 Å². The van der Waals surface area contributed by atoms with Crippen LogP contribution in [0.5, 0.6) is 0 Å². The summed E-state index contributed by atoms with van der Waals surface area (Å²) in [6.07, 6.45) is 2.44. The highest BCUT2D eigenvalue weighted by Gasteiger charge is 2.23. The van der Waals surface area contributed by atoms with Crippen molar-refractivity contribution in [1.29, 1.82) is 0 Å². The number of anilines is 3. The molecular weight excluding hydrogens is 376 g/mol. The third-order valence-electron chi connectivity index (χ3n) is 6.48. The molecule has 30 heavy (non-hydrogen) atoms. The highest BCUT2D eigenvalue weighted by Crippen LogP contribution is 2.23. The lowest BCUT2D eigenvalue weighted by molar-refractivity contribution is 0.208. The number of amides is 2. The van der Waals surface area contributed by atoms with Gasteiger partial charge in [0, 0.05) is 45.0 Å². The smallest absolute Gasteiger partial charge is 0.321 e. The van der Waals surface area contributed by atoms with Crippen LogP contribution < -0.4 is 15.1 Å². The number of nitrogens with one attached hydrogen (secondary N) is 1. The zero-order valence-electron chi connectivity index (χ0n) is 18.3. The largest absolute Gasteiger partial charge is 0.355 e. The molecule has 3 heterocycles. The van der Waals surface area contributed by atoms with Crippen LogP contribution in [0.2, 0.25) is 0 Å². The van der Waals surface area contributed by atoms with Gasteiger partial charge in [-0.2, -0.15) is 0 Å². The van der Waals surface area contributed by atoms with E-state index in [0.29, 0.717) is 13.1 Å². The lowest BCUT2D eigenvalue weighted by Crippen LogP contribution is -2.50. The predicted octanol–water partition coefficient (Wildman–Crippen LogP) is 3.68. The normalized spacial score (nSPS) is 17.9. The average molecular weight is 409 g/mol. The minimum absolute atomic E-state index is 0.0379. The van der Waals surface area contributed by atoms with E-state index in [-0.39, 0.29) is 6.03 Å². The van der Waals surface area contributed by atoms with E-state index in [2.05, 4.69) is 57.4 Å². The Bertz CT molecular complexity index is 868. The molecule has 7 nitrogen and oxygen atoms in total. The van der Waals surface area contributed by atoms with E-state index in [1.54, 1.807) is 0 Å². The van der Waals surface area contributed by atoms with Crippen LogP contribution in [0, 0.1) is 19.8 Å². The summed E-state index contributed by atoms with van der Waals surface area (Å²) in [7, 11) is 0. The Labute approximate surface area is 179 Å². The van der Waals surface area contributed by atoms with Crippen molar-refractivity contribution in [2.75, 3.05) is 54.4 Å². The van der Waals surface area contributed by atoms with Crippen molar-refractivity contribution in [1.82, 2.24) is 15.1 Å². The Balaban J connectivity index is 1.31. The number of hydrogen-bond donors (Lipinski definition) is 1. The second-order valence-corrected chi connectivity index (χ2v) is 8.57. The fourth-order valence-electron chi connectivity index (χ4n) is 4.11. The molecule has 0 atom stereocenters. The Morgan fingerprint density at radius 2 is 1.50 bits per heavy atom. The summed E-state index contributed by atoms with van der Waals surface area (Å²) < 4.78 is 0.